The number of amides is 1. The molecule has 0 saturated heterocycles. The summed E-state index contributed by atoms with van der Waals surface area (Å²) in [6.45, 7) is 3.78. The average molecular weight is 448 g/mol. The minimum atomic E-state index is -1.31. The fourth-order valence-electron chi connectivity index (χ4n) is 3.85. The number of nitrogens with zero attached hydrogens (tertiary/aromatic N) is 2. The van der Waals surface area contributed by atoms with E-state index >= 15 is 0 Å². The Morgan fingerprint density at radius 2 is 2.06 bits per heavy atom. The van der Waals surface area contributed by atoms with Crippen LogP contribution in [0.3, 0.4) is 0 Å². The number of anilines is 1. The molecule has 5 nitrogen and oxygen atoms in total. The number of benzene rings is 2. The number of thiazole rings is 1. The highest BCUT2D eigenvalue weighted by atomic mass is 32.1. The molecule has 162 valence electrons. The van der Waals surface area contributed by atoms with E-state index in [9.17, 15) is 22.8 Å². The third-order valence-electron chi connectivity index (χ3n) is 5.31. The van der Waals surface area contributed by atoms with Crippen LogP contribution in [0.1, 0.15) is 29.5 Å². The zero-order valence-corrected chi connectivity index (χ0v) is 17.7. The summed E-state index contributed by atoms with van der Waals surface area (Å²) in [4.78, 5) is 30.8. The van der Waals surface area contributed by atoms with E-state index in [0.717, 1.165) is 22.5 Å². The van der Waals surface area contributed by atoms with Gasteiger partial charge in [0.25, 0.3) is 0 Å². The Hall–Kier alpha value is -2.94. The topological polar surface area (TPSA) is 59.5 Å². The average Bonchev–Trinajstić information content (AvgIpc) is 3.15. The quantitative estimate of drug-likeness (QED) is 0.420. The Kier molecular flexibility index (Phi) is 5.70. The van der Waals surface area contributed by atoms with Crippen molar-refractivity contribution in [1.82, 2.24) is 4.98 Å². The zero-order chi connectivity index (χ0) is 22.3. The number of carbonyl (C=O) groups is 2. The number of halogens is 3. The van der Waals surface area contributed by atoms with Crippen molar-refractivity contribution >= 4 is 39.1 Å². The first kappa shape index (κ1) is 21.3. The lowest BCUT2D eigenvalue weighted by Crippen LogP contribution is -2.42. The van der Waals surface area contributed by atoms with Gasteiger partial charge in [-0.15, -0.1) is 11.3 Å². The van der Waals surface area contributed by atoms with Gasteiger partial charge in [0.05, 0.1) is 30.2 Å². The van der Waals surface area contributed by atoms with Gasteiger partial charge in [0, 0.05) is 11.8 Å². The SMILES string of the molecule is CCOC(=O)CC1Cc2c(C)cccc2N(Cc2nc3c(F)c(F)cc(F)c3s2)C1=O. The highest BCUT2D eigenvalue weighted by Crippen LogP contribution is 2.37. The van der Waals surface area contributed by atoms with Crippen LogP contribution in [0.25, 0.3) is 10.2 Å². The summed E-state index contributed by atoms with van der Waals surface area (Å²) in [5, 5.41) is 0.260. The Morgan fingerprint density at radius 1 is 1.29 bits per heavy atom. The van der Waals surface area contributed by atoms with Gasteiger partial charge in [0.1, 0.15) is 16.3 Å². The fourth-order valence-corrected chi connectivity index (χ4v) is 4.81. The lowest BCUT2D eigenvalue weighted by molar-refractivity contribution is -0.146. The van der Waals surface area contributed by atoms with Crippen molar-refractivity contribution in [2.75, 3.05) is 11.5 Å². The van der Waals surface area contributed by atoms with Crippen LogP contribution in [0.5, 0.6) is 0 Å². The number of aromatic nitrogens is 1. The molecule has 2 heterocycles. The maximum atomic E-state index is 14.1. The van der Waals surface area contributed by atoms with E-state index in [1.165, 1.54) is 4.90 Å². The van der Waals surface area contributed by atoms with Gasteiger partial charge >= 0.3 is 5.97 Å². The van der Waals surface area contributed by atoms with E-state index in [0.29, 0.717) is 18.2 Å². The first-order valence-electron chi connectivity index (χ1n) is 9.78. The largest absolute Gasteiger partial charge is 0.466 e. The van der Waals surface area contributed by atoms with Crippen LogP contribution < -0.4 is 4.90 Å². The van der Waals surface area contributed by atoms with Crippen LogP contribution in [0.4, 0.5) is 18.9 Å². The molecule has 3 aromatic rings. The van der Waals surface area contributed by atoms with Crippen molar-refractivity contribution in [3.05, 3.63) is 57.9 Å². The van der Waals surface area contributed by atoms with Crippen LogP contribution in [0.2, 0.25) is 0 Å². The van der Waals surface area contributed by atoms with Gasteiger partial charge < -0.3 is 9.64 Å². The molecule has 0 fully saturated rings. The van der Waals surface area contributed by atoms with Crippen LogP contribution >= 0.6 is 11.3 Å². The highest BCUT2D eigenvalue weighted by Gasteiger charge is 2.35. The third kappa shape index (κ3) is 3.89. The summed E-state index contributed by atoms with van der Waals surface area (Å²) < 4.78 is 46.6. The highest BCUT2D eigenvalue weighted by molar-refractivity contribution is 7.18. The number of carbonyl (C=O) groups excluding carboxylic acids is 2. The Bertz CT molecular complexity index is 1190. The first-order chi connectivity index (χ1) is 14.8. The molecule has 0 N–H and O–H groups in total. The first-order valence-corrected chi connectivity index (χ1v) is 10.6. The second kappa shape index (κ2) is 8.30. The molecule has 0 spiro atoms. The number of hydrogen-bond acceptors (Lipinski definition) is 5. The molecule has 31 heavy (non-hydrogen) atoms. The lowest BCUT2D eigenvalue weighted by atomic mass is 9.87. The number of esters is 1. The molecular weight excluding hydrogens is 429 g/mol. The molecule has 0 saturated carbocycles. The van der Waals surface area contributed by atoms with Crippen molar-refractivity contribution in [3.8, 4) is 0 Å². The van der Waals surface area contributed by atoms with Crippen LogP contribution in [0.15, 0.2) is 24.3 Å². The minimum Gasteiger partial charge on any atom is -0.466 e. The number of hydrogen-bond donors (Lipinski definition) is 0. The Labute approximate surface area is 180 Å². The van der Waals surface area contributed by atoms with Crippen molar-refractivity contribution in [2.45, 2.75) is 33.2 Å². The van der Waals surface area contributed by atoms with Crippen molar-refractivity contribution < 1.29 is 27.5 Å². The molecule has 1 unspecified atom stereocenters. The predicted molar refractivity (Wildman–Crippen MR) is 110 cm³/mol. The van der Waals surface area contributed by atoms with Crippen LogP contribution in [-0.2, 0) is 27.3 Å². The van der Waals surface area contributed by atoms with Crippen LogP contribution in [-0.4, -0.2) is 23.5 Å². The molecular formula is C22H19F3N2O3S. The Morgan fingerprint density at radius 3 is 2.81 bits per heavy atom. The summed E-state index contributed by atoms with van der Waals surface area (Å²) in [7, 11) is 0. The van der Waals surface area contributed by atoms with Crippen molar-refractivity contribution in [3.63, 3.8) is 0 Å². The van der Waals surface area contributed by atoms with Crippen molar-refractivity contribution in [2.24, 2.45) is 5.92 Å². The standard InChI is InChI=1S/C22H19F3N2O3S/c1-3-30-18(28)8-12-7-13-11(2)5-4-6-16(13)27(22(12)29)10-17-26-20-19(25)14(23)9-15(24)21(20)31-17/h4-6,9,12H,3,7-8,10H2,1-2H3. The second-order valence-corrected chi connectivity index (χ2v) is 8.43. The van der Waals surface area contributed by atoms with Gasteiger partial charge in [-0.3, -0.25) is 9.59 Å². The Balaban J connectivity index is 1.72. The monoisotopic (exact) mass is 448 g/mol. The van der Waals surface area contributed by atoms with Gasteiger partial charge in [-0.2, -0.15) is 0 Å². The van der Waals surface area contributed by atoms with E-state index in [1.807, 2.05) is 19.1 Å². The summed E-state index contributed by atoms with van der Waals surface area (Å²) in [5.41, 5.74) is 2.15. The molecule has 1 aromatic heterocycles. The van der Waals surface area contributed by atoms with Crippen LogP contribution in [0, 0.1) is 30.3 Å². The number of rotatable bonds is 5. The van der Waals surface area contributed by atoms with Gasteiger partial charge in [-0.05, 0) is 37.5 Å². The second-order valence-electron chi connectivity index (χ2n) is 7.35. The lowest BCUT2D eigenvalue weighted by Gasteiger charge is -2.34. The zero-order valence-electron chi connectivity index (χ0n) is 16.9. The predicted octanol–water partition coefficient (Wildman–Crippen LogP) is 4.68. The molecule has 9 heteroatoms. The van der Waals surface area contributed by atoms with Crippen molar-refractivity contribution in [1.29, 1.82) is 0 Å². The smallest absolute Gasteiger partial charge is 0.306 e. The molecule has 0 aliphatic carbocycles. The molecule has 0 radical (unpaired) electrons. The molecule has 1 aliphatic heterocycles. The molecule has 1 atom stereocenters. The molecule has 2 aromatic carbocycles. The number of fused-ring (bicyclic) bond motifs is 2. The van der Waals surface area contributed by atoms with Gasteiger partial charge in [-0.1, -0.05) is 12.1 Å². The van der Waals surface area contributed by atoms with E-state index in [4.69, 9.17) is 4.74 Å². The van der Waals surface area contributed by atoms with E-state index < -0.39 is 34.9 Å². The third-order valence-corrected chi connectivity index (χ3v) is 6.36. The summed E-state index contributed by atoms with van der Waals surface area (Å²) in [5.74, 6) is -4.81. The van der Waals surface area contributed by atoms with E-state index in [-0.39, 0.29) is 35.2 Å². The maximum absolute atomic E-state index is 14.1. The summed E-state index contributed by atoms with van der Waals surface area (Å²) >= 11 is 0.866. The molecule has 1 aliphatic rings. The number of aryl methyl sites for hydroxylation is 1. The number of ether oxygens (including phenoxy) is 1. The minimum absolute atomic E-state index is 0.0472. The van der Waals surface area contributed by atoms with Gasteiger partial charge in [0.15, 0.2) is 11.6 Å². The maximum Gasteiger partial charge on any atom is 0.306 e. The summed E-state index contributed by atoms with van der Waals surface area (Å²) in [6.07, 6.45) is 0.329. The molecule has 1 amide bonds. The normalized spacial score (nSPS) is 16.0. The fraction of sp³-hybridized carbons (Fsp3) is 0.318. The van der Waals surface area contributed by atoms with Gasteiger partial charge in [0.2, 0.25) is 5.91 Å². The summed E-state index contributed by atoms with van der Waals surface area (Å²) in [6, 6.07) is 6.00. The van der Waals surface area contributed by atoms with E-state index in [2.05, 4.69) is 4.98 Å². The molecule has 0 bridgehead atoms. The molecule has 4 rings (SSSR count). The van der Waals surface area contributed by atoms with Gasteiger partial charge in [-0.25, -0.2) is 18.2 Å². The van der Waals surface area contributed by atoms with E-state index in [1.54, 1.807) is 13.0 Å².